The predicted octanol–water partition coefficient (Wildman–Crippen LogP) is 8.01. The molecule has 28 heavy (non-hydrogen) atoms. The Kier molecular flexibility index (Phi) is 3.48. The highest BCUT2D eigenvalue weighted by atomic mass is 79.9. The number of benzene rings is 5. The molecule has 0 aliphatic heterocycles. The summed E-state index contributed by atoms with van der Waals surface area (Å²) in [4.78, 5) is 0. The second kappa shape index (κ2) is 6.05. The summed E-state index contributed by atoms with van der Waals surface area (Å²) in [6.45, 7) is 0. The van der Waals surface area contributed by atoms with Crippen LogP contribution < -0.4 is 0 Å². The lowest BCUT2D eigenvalue weighted by atomic mass is 9.99. The number of halogens is 1. The highest BCUT2D eigenvalue weighted by Gasteiger charge is 2.19. The minimum atomic E-state index is 0.999. The van der Waals surface area contributed by atoms with Crippen molar-refractivity contribution in [1.82, 2.24) is 0 Å². The minimum Gasteiger partial charge on any atom is -0.0616 e. The van der Waals surface area contributed by atoms with Crippen LogP contribution in [0.1, 0.15) is 16.7 Å². The largest absolute Gasteiger partial charge is 0.0616 e. The van der Waals surface area contributed by atoms with Gasteiger partial charge in [-0.25, -0.2) is 0 Å². The Hall–Kier alpha value is -2.90. The van der Waals surface area contributed by atoms with Crippen LogP contribution in [0.3, 0.4) is 0 Å². The Labute approximate surface area is 172 Å². The lowest BCUT2D eigenvalue weighted by Crippen LogP contribution is -1.82. The van der Waals surface area contributed by atoms with Crippen LogP contribution in [0.25, 0.3) is 44.0 Å². The summed E-state index contributed by atoms with van der Waals surface area (Å²) in [5, 5.41) is 7.89. The monoisotopic (exact) mass is 420 g/mol. The molecular formula is C27H17Br. The molecule has 0 amide bonds. The number of hydrogen-bond donors (Lipinski definition) is 0. The lowest BCUT2D eigenvalue weighted by molar-refractivity contribution is 1.38. The summed E-state index contributed by atoms with van der Waals surface area (Å²) in [6, 6.07) is 31.0. The Bertz CT molecular complexity index is 1440. The van der Waals surface area contributed by atoms with Crippen molar-refractivity contribution < 1.29 is 0 Å². The van der Waals surface area contributed by atoms with Gasteiger partial charge in [0.25, 0.3) is 0 Å². The van der Waals surface area contributed by atoms with E-state index in [9.17, 15) is 0 Å². The fraction of sp³-hybridized carbons (Fsp3) is 0.0370. The smallest absolute Gasteiger partial charge is 0.0254 e. The van der Waals surface area contributed by atoms with Crippen molar-refractivity contribution in [2.45, 2.75) is 6.42 Å². The van der Waals surface area contributed by atoms with Gasteiger partial charge in [-0.15, -0.1) is 0 Å². The van der Waals surface area contributed by atoms with Gasteiger partial charge in [0.15, 0.2) is 0 Å². The maximum atomic E-state index is 3.71. The molecule has 132 valence electrons. The third kappa shape index (κ3) is 2.43. The van der Waals surface area contributed by atoms with Crippen molar-refractivity contribution in [2.75, 3.05) is 0 Å². The van der Waals surface area contributed by atoms with Gasteiger partial charge in [0.2, 0.25) is 0 Å². The van der Waals surface area contributed by atoms with E-state index in [2.05, 4.69) is 107 Å². The zero-order valence-corrected chi connectivity index (χ0v) is 16.8. The summed E-state index contributed by atoms with van der Waals surface area (Å²) in [5.74, 6) is 0. The van der Waals surface area contributed by atoms with Gasteiger partial charge in [0.1, 0.15) is 0 Å². The number of allylic oxidation sites excluding steroid dienone is 1. The fourth-order valence-corrected chi connectivity index (χ4v) is 5.00. The Morgan fingerprint density at radius 2 is 1.46 bits per heavy atom. The summed E-state index contributed by atoms with van der Waals surface area (Å²) in [7, 11) is 0. The molecular weight excluding hydrogens is 404 g/mol. The fourth-order valence-electron chi connectivity index (χ4n) is 4.54. The van der Waals surface area contributed by atoms with Gasteiger partial charge >= 0.3 is 0 Å². The van der Waals surface area contributed by atoms with Crippen LogP contribution in [0.2, 0.25) is 0 Å². The molecule has 5 aromatic rings. The second-order valence-corrected chi connectivity index (χ2v) is 8.44. The average Bonchev–Trinajstić information content (AvgIpc) is 3.08. The number of rotatable bonds is 1. The highest BCUT2D eigenvalue weighted by Crippen LogP contribution is 2.41. The third-order valence-electron chi connectivity index (χ3n) is 5.87. The van der Waals surface area contributed by atoms with Gasteiger partial charge in [-0.2, -0.15) is 0 Å². The SMILES string of the molecule is Brc1ccc2c3c(cccc13)C(=Cc1ccc3cc4ccccc4cc3c1)C2. The molecule has 0 bridgehead atoms. The molecule has 0 aromatic heterocycles. The van der Waals surface area contributed by atoms with Crippen LogP contribution in [0.4, 0.5) is 0 Å². The average molecular weight is 421 g/mol. The van der Waals surface area contributed by atoms with E-state index in [0.717, 1.165) is 6.42 Å². The molecule has 0 atom stereocenters. The van der Waals surface area contributed by atoms with Crippen LogP contribution in [0.5, 0.6) is 0 Å². The van der Waals surface area contributed by atoms with E-state index in [1.165, 1.54) is 59.1 Å². The van der Waals surface area contributed by atoms with Crippen molar-refractivity contribution in [1.29, 1.82) is 0 Å². The van der Waals surface area contributed by atoms with Crippen LogP contribution >= 0.6 is 15.9 Å². The first-order valence-corrected chi connectivity index (χ1v) is 10.4. The molecule has 0 unspecified atom stereocenters. The molecule has 0 fully saturated rings. The van der Waals surface area contributed by atoms with E-state index in [4.69, 9.17) is 0 Å². The maximum Gasteiger partial charge on any atom is 0.0254 e. The number of hydrogen-bond acceptors (Lipinski definition) is 0. The molecule has 6 rings (SSSR count). The van der Waals surface area contributed by atoms with Gasteiger partial charge < -0.3 is 0 Å². The van der Waals surface area contributed by atoms with E-state index < -0.39 is 0 Å². The molecule has 1 aliphatic carbocycles. The quantitative estimate of drug-likeness (QED) is 0.241. The predicted molar refractivity (Wildman–Crippen MR) is 125 cm³/mol. The minimum absolute atomic E-state index is 0.999. The highest BCUT2D eigenvalue weighted by molar-refractivity contribution is 9.10. The van der Waals surface area contributed by atoms with Crippen LogP contribution in [-0.2, 0) is 6.42 Å². The van der Waals surface area contributed by atoms with Gasteiger partial charge in [0, 0.05) is 4.47 Å². The van der Waals surface area contributed by atoms with E-state index >= 15 is 0 Å². The molecule has 0 saturated heterocycles. The second-order valence-electron chi connectivity index (χ2n) is 7.59. The summed E-state index contributed by atoms with van der Waals surface area (Å²) in [6.07, 6.45) is 3.36. The van der Waals surface area contributed by atoms with Crippen molar-refractivity contribution in [3.8, 4) is 0 Å². The van der Waals surface area contributed by atoms with Crippen LogP contribution in [-0.4, -0.2) is 0 Å². The maximum absolute atomic E-state index is 3.71. The lowest BCUT2D eigenvalue weighted by Gasteiger charge is -2.06. The van der Waals surface area contributed by atoms with Gasteiger partial charge in [0.05, 0.1) is 0 Å². The Balaban J connectivity index is 1.51. The molecule has 5 aromatic carbocycles. The molecule has 1 aliphatic rings. The van der Waals surface area contributed by atoms with Crippen LogP contribution in [0, 0.1) is 0 Å². The third-order valence-corrected chi connectivity index (χ3v) is 6.56. The Morgan fingerprint density at radius 1 is 0.679 bits per heavy atom. The van der Waals surface area contributed by atoms with E-state index in [1.54, 1.807) is 0 Å². The molecule has 0 nitrogen and oxygen atoms in total. The zero-order chi connectivity index (χ0) is 18.7. The van der Waals surface area contributed by atoms with E-state index in [-0.39, 0.29) is 0 Å². The first-order chi connectivity index (χ1) is 13.8. The topological polar surface area (TPSA) is 0 Å². The summed E-state index contributed by atoms with van der Waals surface area (Å²) in [5.41, 5.74) is 5.46. The van der Waals surface area contributed by atoms with Gasteiger partial charge in [-0.05, 0) is 85.3 Å². The van der Waals surface area contributed by atoms with E-state index in [0.29, 0.717) is 0 Å². The van der Waals surface area contributed by atoms with Gasteiger partial charge in [-0.1, -0.05) is 82.7 Å². The van der Waals surface area contributed by atoms with Crippen LogP contribution in [0.15, 0.2) is 89.4 Å². The van der Waals surface area contributed by atoms with Crippen molar-refractivity contribution in [2.24, 2.45) is 0 Å². The Morgan fingerprint density at radius 3 is 2.32 bits per heavy atom. The summed E-state index contributed by atoms with van der Waals surface area (Å²) < 4.78 is 1.17. The van der Waals surface area contributed by atoms with Crippen molar-refractivity contribution in [3.05, 3.63) is 106 Å². The molecule has 1 heteroatoms. The van der Waals surface area contributed by atoms with E-state index in [1.807, 2.05) is 0 Å². The van der Waals surface area contributed by atoms with Gasteiger partial charge in [-0.3, -0.25) is 0 Å². The molecule has 0 N–H and O–H groups in total. The number of fused-ring (bicyclic) bond motifs is 2. The zero-order valence-electron chi connectivity index (χ0n) is 15.2. The normalized spacial score (nSPS) is 14.5. The summed E-state index contributed by atoms with van der Waals surface area (Å²) >= 11 is 3.71. The molecule has 0 radical (unpaired) electrons. The standard InChI is InChI=1S/C27H17Br/c28-26-11-10-21-16-23(24-6-3-7-25(26)27(21)24)13-17-8-9-20-14-18-4-1-2-5-19(18)15-22(20)12-17/h1-15H,16H2. The molecule has 0 heterocycles. The first kappa shape index (κ1) is 16.1. The van der Waals surface area contributed by atoms with Crippen molar-refractivity contribution in [3.63, 3.8) is 0 Å². The first-order valence-electron chi connectivity index (χ1n) is 9.60. The molecule has 0 saturated carbocycles. The van der Waals surface area contributed by atoms with Crippen molar-refractivity contribution >= 4 is 59.9 Å². The molecule has 0 spiro atoms.